The molecule has 2 atom stereocenters. The molecule has 1 heterocycles. The van der Waals surface area contributed by atoms with Crippen molar-refractivity contribution in [3.8, 4) is 0 Å². The first-order chi connectivity index (χ1) is 8.61. The van der Waals surface area contributed by atoms with Crippen LogP contribution in [0.3, 0.4) is 0 Å². The Labute approximate surface area is 111 Å². The van der Waals surface area contributed by atoms with Crippen LogP contribution in [0.25, 0.3) is 0 Å². The van der Waals surface area contributed by atoms with Gasteiger partial charge in [0, 0.05) is 19.1 Å². The van der Waals surface area contributed by atoms with Crippen LogP contribution in [-0.2, 0) is 6.54 Å². The van der Waals surface area contributed by atoms with E-state index in [1.54, 1.807) is 0 Å². The zero-order valence-corrected chi connectivity index (χ0v) is 11.9. The van der Waals surface area contributed by atoms with Crippen molar-refractivity contribution < 1.29 is 0 Å². The number of nitrogens with two attached hydrogens (primary N) is 1. The van der Waals surface area contributed by atoms with Crippen molar-refractivity contribution in [2.45, 2.75) is 45.7 Å². The van der Waals surface area contributed by atoms with Gasteiger partial charge in [0.1, 0.15) is 0 Å². The summed E-state index contributed by atoms with van der Waals surface area (Å²) in [5, 5.41) is 0. The molecule has 1 aromatic rings. The fraction of sp³-hybridized carbons (Fsp3) is 0.625. The van der Waals surface area contributed by atoms with Gasteiger partial charge in [0.25, 0.3) is 0 Å². The fourth-order valence-corrected chi connectivity index (χ4v) is 2.91. The highest BCUT2D eigenvalue weighted by Crippen LogP contribution is 2.25. The summed E-state index contributed by atoms with van der Waals surface area (Å²) in [4.78, 5) is 2.54. The third kappa shape index (κ3) is 2.93. The van der Waals surface area contributed by atoms with Crippen LogP contribution in [0.2, 0.25) is 0 Å². The van der Waals surface area contributed by atoms with Crippen molar-refractivity contribution >= 4 is 0 Å². The molecule has 0 saturated carbocycles. The Morgan fingerprint density at radius 2 is 1.94 bits per heavy atom. The van der Waals surface area contributed by atoms with Crippen molar-refractivity contribution in [3.05, 3.63) is 35.4 Å². The molecular weight excluding hydrogens is 220 g/mol. The minimum absolute atomic E-state index is 0.565. The first-order valence-electron chi connectivity index (χ1n) is 7.14. The van der Waals surface area contributed by atoms with Crippen LogP contribution in [0, 0.1) is 5.92 Å². The lowest BCUT2D eigenvalue weighted by atomic mass is 10.0. The van der Waals surface area contributed by atoms with Gasteiger partial charge in [-0.15, -0.1) is 0 Å². The molecule has 1 aromatic carbocycles. The summed E-state index contributed by atoms with van der Waals surface area (Å²) in [5.74, 6) is 1.35. The van der Waals surface area contributed by atoms with E-state index in [4.69, 9.17) is 5.73 Å². The molecule has 1 aliphatic heterocycles. The molecule has 2 nitrogen and oxygen atoms in total. The van der Waals surface area contributed by atoms with Crippen LogP contribution in [-0.4, -0.2) is 24.0 Å². The van der Waals surface area contributed by atoms with Gasteiger partial charge in [-0.3, -0.25) is 4.90 Å². The molecule has 2 heteroatoms. The number of benzene rings is 1. The molecule has 100 valence electrons. The Kier molecular flexibility index (Phi) is 4.41. The van der Waals surface area contributed by atoms with E-state index in [-0.39, 0.29) is 0 Å². The lowest BCUT2D eigenvalue weighted by molar-refractivity contribution is 0.228. The number of hydrogen-bond acceptors (Lipinski definition) is 2. The van der Waals surface area contributed by atoms with E-state index in [1.807, 2.05) is 0 Å². The lowest BCUT2D eigenvalue weighted by Gasteiger charge is -2.25. The van der Waals surface area contributed by atoms with Crippen LogP contribution in [0.4, 0.5) is 0 Å². The summed E-state index contributed by atoms with van der Waals surface area (Å²) in [6.45, 7) is 9.81. The summed E-state index contributed by atoms with van der Waals surface area (Å²) in [6, 6.07) is 9.63. The van der Waals surface area contributed by atoms with E-state index >= 15 is 0 Å². The third-order valence-electron chi connectivity index (χ3n) is 4.27. The summed E-state index contributed by atoms with van der Waals surface area (Å²) >= 11 is 0. The molecule has 2 N–H and O–H groups in total. The number of hydrogen-bond donors (Lipinski definition) is 1. The molecule has 1 fully saturated rings. The Bertz CT molecular complexity index is 369. The lowest BCUT2D eigenvalue weighted by Crippen LogP contribution is -2.37. The van der Waals surface area contributed by atoms with Crippen LogP contribution in [0.15, 0.2) is 24.3 Å². The molecule has 0 amide bonds. The van der Waals surface area contributed by atoms with Crippen molar-refractivity contribution in [2.75, 3.05) is 13.1 Å². The van der Waals surface area contributed by atoms with Gasteiger partial charge in [0.2, 0.25) is 0 Å². The molecule has 2 rings (SSSR count). The summed E-state index contributed by atoms with van der Waals surface area (Å²) in [5.41, 5.74) is 8.72. The highest BCUT2D eigenvalue weighted by atomic mass is 15.2. The Morgan fingerprint density at radius 1 is 1.28 bits per heavy atom. The van der Waals surface area contributed by atoms with Crippen LogP contribution < -0.4 is 5.73 Å². The fourth-order valence-electron chi connectivity index (χ4n) is 2.91. The van der Waals surface area contributed by atoms with E-state index in [2.05, 4.69) is 49.9 Å². The third-order valence-corrected chi connectivity index (χ3v) is 4.27. The van der Waals surface area contributed by atoms with E-state index < -0.39 is 0 Å². The number of nitrogens with zero attached hydrogens (tertiary/aromatic N) is 1. The average molecular weight is 246 g/mol. The largest absolute Gasteiger partial charge is 0.329 e. The van der Waals surface area contributed by atoms with Gasteiger partial charge < -0.3 is 5.73 Å². The Hall–Kier alpha value is -0.860. The predicted molar refractivity (Wildman–Crippen MR) is 77.6 cm³/mol. The van der Waals surface area contributed by atoms with Gasteiger partial charge >= 0.3 is 0 Å². The summed E-state index contributed by atoms with van der Waals surface area (Å²) in [6.07, 6.45) is 1.28. The molecule has 0 aromatic heterocycles. The second-order valence-electron chi connectivity index (χ2n) is 5.94. The number of likely N-dealkylation sites (tertiary alicyclic amines) is 1. The van der Waals surface area contributed by atoms with E-state index in [9.17, 15) is 0 Å². The molecule has 0 spiro atoms. The number of rotatable bonds is 4. The van der Waals surface area contributed by atoms with Crippen molar-refractivity contribution in [1.82, 2.24) is 4.90 Å². The Balaban J connectivity index is 2.01. The van der Waals surface area contributed by atoms with E-state index in [1.165, 1.54) is 24.1 Å². The van der Waals surface area contributed by atoms with Gasteiger partial charge in [0.15, 0.2) is 0 Å². The van der Waals surface area contributed by atoms with Crippen LogP contribution in [0.1, 0.15) is 44.2 Å². The van der Waals surface area contributed by atoms with Gasteiger partial charge in [-0.05, 0) is 35.9 Å². The van der Waals surface area contributed by atoms with Gasteiger partial charge in [-0.25, -0.2) is 0 Å². The first-order valence-corrected chi connectivity index (χ1v) is 7.14. The molecule has 18 heavy (non-hydrogen) atoms. The normalized spacial score (nSPS) is 24.9. The first kappa shape index (κ1) is 13.6. The zero-order chi connectivity index (χ0) is 13.1. The van der Waals surface area contributed by atoms with Gasteiger partial charge in [0.05, 0.1) is 0 Å². The molecule has 1 aliphatic rings. The van der Waals surface area contributed by atoms with Crippen LogP contribution in [0.5, 0.6) is 0 Å². The van der Waals surface area contributed by atoms with E-state index in [0.29, 0.717) is 12.0 Å². The maximum Gasteiger partial charge on any atom is 0.0248 e. The summed E-state index contributed by atoms with van der Waals surface area (Å²) < 4.78 is 0. The molecule has 0 aliphatic carbocycles. The van der Waals surface area contributed by atoms with Crippen molar-refractivity contribution in [2.24, 2.45) is 11.7 Å². The van der Waals surface area contributed by atoms with Gasteiger partial charge in [-0.1, -0.05) is 45.0 Å². The van der Waals surface area contributed by atoms with Gasteiger partial charge in [-0.2, -0.15) is 0 Å². The van der Waals surface area contributed by atoms with Crippen molar-refractivity contribution in [3.63, 3.8) is 0 Å². The molecule has 1 saturated heterocycles. The monoisotopic (exact) mass is 246 g/mol. The average Bonchev–Trinajstić information content (AvgIpc) is 2.70. The maximum absolute atomic E-state index is 5.89. The molecule has 0 radical (unpaired) electrons. The SMILES string of the molecule is CC(C)c1ccc(CN2CCC(C)C2CN)cc1. The zero-order valence-electron chi connectivity index (χ0n) is 11.9. The highest BCUT2D eigenvalue weighted by Gasteiger charge is 2.29. The quantitative estimate of drug-likeness (QED) is 0.885. The summed E-state index contributed by atoms with van der Waals surface area (Å²) in [7, 11) is 0. The standard InChI is InChI=1S/C16H26N2/c1-12(2)15-6-4-14(5-7-15)11-18-9-8-13(3)16(18)10-17/h4-7,12-13,16H,8-11,17H2,1-3H3. The Morgan fingerprint density at radius 3 is 2.50 bits per heavy atom. The second kappa shape index (κ2) is 5.85. The molecule has 0 bridgehead atoms. The van der Waals surface area contributed by atoms with Crippen LogP contribution >= 0.6 is 0 Å². The van der Waals surface area contributed by atoms with E-state index in [0.717, 1.165) is 19.0 Å². The minimum atomic E-state index is 0.565. The minimum Gasteiger partial charge on any atom is -0.329 e. The predicted octanol–water partition coefficient (Wildman–Crippen LogP) is 2.98. The smallest absolute Gasteiger partial charge is 0.0248 e. The molecular formula is C16H26N2. The molecule has 2 unspecified atom stereocenters. The maximum atomic E-state index is 5.89. The topological polar surface area (TPSA) is 29.3 Å². The second-order valence-corrected chi connectivity index (χ2v) is 5.94. The highest BCUT2D eigenvalue weighted by molar-refractivity contribution is 5.24. The van der Waals surface area contributed by atoms with Crippen molar-refractivity contribution in [1.29, 1.82) is 0 Å².